The van der Waals surface area contributed by atoms with Gasteiger partial charge in [-0.2, -0.15) is 0 Å². The van der Waals surface area contributed by atoms with Crippen LogP contribution in [0.4, 0.5) is 0 Å². The quantitative estimate of drug-likeness (QED) is 0.578. The molecule has 2 N–H and O–H groups in total. The largest absolute Gasteiger partial charge is 0.480 e. The van der Waals surface area contributed by atoms with Crippen LogP contribution in [0.2, 0.25) is 0 Å². The van der Waals surface area contributed by atoms with E-state index in [4.69, 9.17) is 5.11 Å². The highest BCUT2D eigenvalue weighted by atomic mass is 32.2. The maximum absolute atomic E-state index is 11.5. The summed E-state index contributed by atoms with van der Waals surface area (Å²) in [6, 6.07) is 0. The molecule has 0 spiro atoms. The van der Waals surface area contributed by atoms with Crippen LogP contribution in [0, 0.1) is 0 Å². The van der Waals surface area contributed by atoms with Gasteiger partial charge in [0.15, 0.2) is 5.25 Å². The zero-order valence-electron chi connectivity index (χ0n) is 10.6. The van der Waals surface area contributed by atoms with Crippen molar-refractivity contribution < 1.29 is 18.3 Å². The van der Waals surface area contributed by atoms with Crippen molar-refractivity contribution in [3.8, 4) is 0 Å². The van der Waals surface area contributed by atoms with Crippen molar-refractivity contribution in [2.45, 2.75) is 32.4 Å². The highest BCUT2D eigenvalue weighted by Crippen LogP contribution is 1.98. The number of carbonyl (C=O) groups is 1. The summed E-state index contributed by atoms with van der Waals surface area (Å²) in [5.41, 5.74) is 0. The molecule has 0 aliphatic carbocycles. The lowest BCUT2D eigenvalue weighted by molar-refractivity contribution is -0.136. The van der Waals surface area contributed by atoms with Crippen LogP contribution in [0.25, 0.3) is 0 Å². The summed E-state index contributed by atoms with van der Waals surface area (Å²) in [5.74, 6) is -1.33. The highest BCUT2D eigenvalue weighted by molar-refractivity contribution is 7.90. The summed E-state index contributed by atoms with van der Waals surface area (Å²) < 4.78 is 25.2. The predicted molar refractivity (Wildman–Crippen MR) is 66.4 cm³/mol. The van der Waals surface area contributed by atoms with Crippen LogP contribution in [0.15, 0.2) is 0 Å². The number of carboxylic acid groups (broad SMARTS) is 1. The Labute approximate surface area is 103 Å². The molecule has 0 rings (SSSR count). The normalized spacial score (nSPS) is 13.9. The SMILES string of the molecule is CCN(CC)CCCNS(=O)(=O)C(C)C(=O)O. The van der Waals surface area contributed by atoms with Crippen molar-refractivity contribution in [1.29, 1.82) is 0 Å². The minimum atomic E-state index is -3.74. The van der Waals surface area contributed by atoms with Gasteiger partial charge in [-0.05, 0) is 33.0 Å². The molecule has 0 bridgehead atoms. The second kappa shape index (κ2) is 7.62. The zero-order chi connectivity index (χ0) is 13.5. The number of sulfonamides is 1. The van der Waals surface area contributed by atoms with Crippen molar-refractivity contribution in [3.63, 3.8) is 0 Å². The van der Waals surface area contributed by atoms with E-state index in [1.54, 1.807) is 0 Å². The Bertz CT molecular complexity index is 325. The van der Waals surface area contributed by atoms with Crippen LogP contribution in [-0.4, -0.2) is 55.8 Å². The molecule has 0 fully saturated rings. The number of nitrogens with zero attached hydrogens (tertiary/aromatic N) is 1. The molecule has 7 heteroatoms. The van der Waals surface area contributed by atoms with Gasteiger partial charge in [-0.15, -0.1) is 0 Å². The first-order valence-electron chi connectivity index (χ1n) is 5.78. The van der Waals surface area contributed by atoms with Crippen LogP contribution in [-0.2, 0) is 14.8 Å². The molecule has 0 amide bonds. The number of hydrogen-bond donors (Lipinski definition) is 2. The van der Waals surface area contributed by atoms with Gasteiger partial charge in [-0.25, -0.2) is 13.1 Å². The molecular formula is C10H22N2O4S. The standard InChI is InChI=1S/C10H22N2O4S/c1-4-12(5-2)8-6-7-11-17(15,16)9(3)10(13)14/h9,11H,4-8H2,1-3H3,(H,13,14). The molecule has 1 unspecified atom stereocenters. The summed E-state index contributed by atoms with van der Waals surface area (Å²) >= 11 is 0. The lowest BCUT2D eigenvalue weighted by Crippen LogP contribution is -2.38. The van der Waals surface area contributed by atoms with Gasteiger partial charge in [0, 0.05) is 6.54 Å². The van der Waals surface area contributed by atoms with E-state index in [1.165, 1.54) is 0 Å². The van der Waals surface area contributed by atoms with E-state index in [-0.39, 0.29) is 6.54 Å². The number of nitrogens with one attached hydrogen (secondary N) is 1. The Hall–Kier alpha value is -0.660. The van der Waals surface area contributed by atoms with Gasteiger partial charge in [-0.3, -0.25) is 4.79 Å². The Balaban J connectivity index is 4.00. The molecule has 0 aliphatic rings. The van der Waals surface area contributed by atoms with E-state index < -0.39 is 21.2 Å². The fourth-order valence-corrected chi connectivity index (χ4v) is 2.26. The van der Waals surface area contributed by atoms with Crippen LogP contribution >= 0.6 is 0 Å². The third kappa shape index (κ3) is 5.99. The molecule has 0 aromatic heterocycles. The van der Waals surface area contributed by atoms with E-state index in [2.05, 4.69) is 9.62 Å². The van der Waals surface area contributed by atoms with Crippen LogP contribution in [0.3, 0.4) is 0 Å². The van der Waals surface area contributed by atoms with E-state index in [9.17, 15) is 13.2 Å². The predicted octanol–water partition coefficient (Wildman–Crippen LogP) is 0.111. The molecule has 6 nitrogen and oxygen atoms in total. The molecule has 1 atom stereocenters. The van der Waals surface area contributed by atoms with Crippen LogP contribution in [0.5, 0.6) is 0 Å². The van der Waals surface area contributed by atoms with Gasteiger partial charge < -0.3 is 10.0 Å². The van der Waals surface area contributed by atoms with Gasteiger partial charge in [0.25, 0.3) is 0 Å². The first kappa shape index (κ1) is 16.3. The topological polar surface area (TPSA) is 86.7 Å². The minimum absolute atomic E-state index is 0.274. The summed E-state index contributed by atoms with van der Waals surface area (Å²) in [6.45, 7) is 8.17. The lowest BCUT2D eigenvalue weighted by Gasteiger charge is -2.18. The molecule has 0 radical (unpaired) electrons. The third-order valence-electron chi connectivity index (χ3n) is 2.66. The summed E-state index contributed by atoms with van der Waals surface area (Å²) in [7, 11) is -3.74. The van der Waals surface area contributed by atoms with E-state index in [0.29, 0.717) is 6.42 Å². The summed E-state index contributed by atoms with van der Waals surface area (Å²) in [6.07, 6.45) is 0.674. The number of carboxylic acids is 1. The van der Waals surface area contributed by atoms with E-state index in [1.807, 2.05) is 13.8 Å². The van der Waals surface area contributed by atoms with Crippen molar-refractivity contribution in [2.24, 2.45) is 0 Å². The molecule has 0 aromatic carbocycles. The maximum Gasteiger partial charge on any atom is 0.323 e. The zero-order valence-corrected chi connectivity index (χ0v) is 11.5. The first-order chi connectivity index (χ1) is 7.85. The Morgan fingerprint density at radius 3 is 2.29 bits per heavy atom. The van der Waals surface area contributed by atoms with Crippen molar-refractivity contribution in [1.82, 2.24) is 9.62 Å². The number of hydrogen-bond acceptors (Lipinski definition) is 4. The summed E-state index contributed by atoms with van der Waals surface area (Å²) in [4.78, 5) is 12.7. The minimum Gasteiger partial charge on any atom is -0.480 e. The molecule has 0 saturated heterocycles. The van der Waals surface area contributed by atoms with Gasteiger partial charge in [0.2, 0.25) is 10.0 Å². The molecule has 0 aliphatic heterocycles. The van der Waals surface area contributed by atoms with Crippen molar-refractivity contribution in [3.05, 3.63) is 0 Å². The first-order valence-corrected chi connectivity index (χ1v) is 7.33. The number of aliphatic carboxylic acids is 1. The molecular weight excluding hydrogens is 244 g/mol. The maximum atomic E-state index is 11.5. The average molecular weight is 266 g/mol. The molecule has 17 heavy (non-hydrogen) atoms. The molecule has 0 aromatic rings. The van der Waals surface area contributed by atoms with E-state index >= 15 is 0 Å². The summed E-state index contributed by atoms with van der Waals surface area (Å²) in [5, 5.41) is 7.20. The molecule has 102 valence electrons. The second-order valence-electron chi connectivity index (χ2n) is 3.80. The van der Waals surface area contributed by atoms with Gasteiger partial charge in [0.05, 0.1) is 0 Å². The van der Waals surface area contributed by atoms with E-state index in [0.717, 1.165) is 26.6 Å². The van der Waals surface area contributed by atoms with Crippen LogP contribution < -0.4 is 4.72 Å². The smallest absolute Gasteiger partial charge is 0.323 e. The fraction of sp³-hybridized carbons (Fsp3) is 0.900. The number of rotatable bonds is 9. The fourth-order valence-electron chi connectivity index (χ4n) is 1.31. The van der Waals surface area contributed by atoms with Gasteiger partial charge in [0.1, 0.15) is 0 Å². The van der Waals surface area contributed by atoms with Crippen LogP contribution in [0.1, 0.15) is 27.2 Å². The Morgan fingerprint density at radius 2 is 1.88 bits per heavy atom. The average Bonchev–Trinajstić information content (AvgIpc) is 2.28. The van der Waals surface area contributed by atoms with Gasteiger partial charge in [-0.1, -0.05) is 13.8 Å². The Morgan fingerprint density at radius 1 is 1.35 bits per heavy atom. The molecule has 0 heterocycles. The Kier molecular flexibility index (Phi) is 7.33. The monoisotopic (exact) mass is 266 g/mol. The lowest BCUT2D eigenvalue weighted by atomic mass is 10.4. The second-order valence-corrected chi connectivity index (χ2v) is 5.89. The van der Waals surface area contributed by atoms with Gasteiger partial charge >= 0.3 is 5.97 Å². The van der Waals surface area contributed by atoms with Crippen molar-refractivity contribution >= 4 is 16.0 Å². The third-order valence-corrected chi connectivity index (χ3v) is 4.40. The highest BCUT2D eigenvalue weighted by Gasteiger charge is 2.26. The molecule has 0 saturated carbocycles. The van der Waals surface area contributed by atoms with Crippen molar-refractivity contribution in [2.75, 3.05) is 26.2 Å².